The van der Waals surface area contributed by atoms with Crippen LogP contribution in [0.1, 0.15) is 33.6 Å². The SMILES string of the molecule is CCC(=O)OCC(CCn1cnc2c(=O)[nH]c(N)nc21)COC(=O)[C@@H](N)C(C)C.Cl. The van der Waals surface area contributed by atoms with Gasteiger partial charge in [-0.3, -0.25) is 19.4 Å². The average Bonchev–Trinajstić information content (AvgIpc) is 3.09. The topological polar surface area (TPSA) is 168 Å². The molecule has 2 heterocycles. The Morgan fingerprint density at radius 1 is 1.27 bits per heavy atom. The van der Waals surface area contributed by atoms with Crippen LogP contribution < -0.4 is 17.0 Å². The smallest absolute Gasteiger partial charge is 0.323 e. The van der Waals surface area contributed by atoms with Gasteiger partial charge in [-0.25, -0.2) is 4.98 Å². The molecule has 0 bridgehead atoms. The number of nitrogens with two attached hydrogens (primary N) is 2. The van der Waals surface area contributed by atoms with Gasteiger partial charge in [-0.2, -0.15) is 4.98 Å². The quantitative estimate of drug-likeness (QED) is 0.444. The number of rotatable bonds is 10. The van der Waals surface area contributed by atoms with Crippen LogP contribution in [0.25, 0.3) is 11.2 Å². The van der Waals surface area contributed by atoms with E-state index in [4.69, 9.17) is 20.9 Å². The van der Waals surface area contributed by atoms with Gasteiger partial charge < -0.3 is 25.5 Å². The molecule has 2 aromatic rings. The fraction of sp³-hybridized carbons (Fsp3) is 0.611. The van der Waals surface area contributed by atoms with Gasteiger partial charge in [0.05, 0.1) is 19.5 Å². The summed E-state index contributed by atoms with van der Waals surface area (Å²) in [6.07, 6.45) is 2.23. The highest BCUT2D eigenvalue weighted by atomic mass is 35.5. The predicted octanol–water partition coefficient (Wildman–Crippen LogP) is 0.610. The number of hydrogen-bond donors (Lipinski definition) is 3. The van der Waals surface area contributed by atoms with E-state index in [9.17, 15) is 14.4 Å². The number of esters is 2. The molecule has 5 N–H and O–H groups in total. The molecule has 0 aliphatic rings. The third-order valence-electron chi connectivity index (χ3n) is 4.49. The molecule has 11 nitrogen and oxygen atoms in total. The molecule has 0 fully saturated rings. The number of imidazole rings is 1. The number of anilines is 1. The fourth-order valence-corrected chi connectivity index (χ4v) is 2.55. The van der Waals surface area contributed by atoms with Crippen molar-refractivity contribution in [3.8, 4) is 0 Å². The summed E-state index contributed by atoms with van der Waals surface area (Å²) in [5.74, 6) is -1.15. The molecule has 0 aliphatic heterocycles. The van der Waals surface area contributed by atoms with Crippen molar-refractivity contribution >= 4 is 41.5 Å². The molecule has 168 valence electrons. The largest absolute Gasteiger partial charge is 0.465 e. The van der Waals surface area contributed by atoms with Gasteiger partial charge in [0.15, 0.2) is 11.2 Å². The van der Waals surface area contributed by atoms with Crippen molar-refractivity contribution in [2.75, 3.05) is 18.9 Å². The number of ether oxygens (including phenoxy) is 2. The van der Waals surface area contributed by atoms with Gasteiger partial charge in [-0.15, -0.1) is 12.4 Å². The lowest BCUT2D eigenvalue weighted by Crippen LogP contribution is -2.38. The molecule has 12 heteroatoms. The first kappa shape index (κ1) is 25.4. The van der Waals surface area contributed by atoms with Gasteiger partial charge in [0, 0.05) is 18.9 Å². The summed E-state index contributed by atoms with van der Waals surface area (Å²) in [5, 5.41) is 0. The van der Waals surface area contributed by atoms with Crippen LogP contribution in [0.15, 0.2) is 11.1 Å². The number of H-pyrrole nitrogens is 1. The number of carbonyl (C=O) groups excluding carboxylic acids is 2. The van der Waals surface area contributed by atoms with E-state index in [1.807, 2.05) is 13.8 Å². The van der Waals surface area contributed by atoms with Crippen LogP contribution in [0.4, 0.5) is 5.95 Å². The van der Waals surface area contributed by atoms with Crippen molar-refractivity contribution in [2.24, 2.45) is 17.6 Å². The minimum absolute atomic E-state index is 0. The molecular formula is C18H29ClN6O5. The second kappa shape index (κ2) is 11.5. The van der Waals surface area contributed by atoms with E-state index < -0.39 is 17.6 Å². The standard InChI is InChI=1S/C18H28N6O5.ClH/c1-4-12(25)28-7-11(8-29-17(27)13(19)10(2)3)5-6-24-9-21-14-15(24)22-18(20)23-16(14)26;/h9-11,13H,4-8,19H2,1-3H3,(H3,20,22,23,26);1H/t11?,13-;/m0./s1. The minimum atomic E-state index is -0.717. The predicted molar refractivity (Wildman–Crippen MR) is 113 cm³/mol. The molecule has 0 saturated carbocycles. The molecule has 0 saturated heterocycles. The van der Waals surface area contributed by atoms with Crippen molar-refractivity contribution in [1.82, 2.24) is 19.5 Å². The molecule has 2 aromatic heterocycles. The summed E-state index contributed by atoms with van der Waals surface area (Å²) in [5.41, 5.74) is 11.5. The summed E-state index contributed by atoms with van der Waals surface area (Å²) in [7, 11) is 0. The number of hydrogen-bond acceptors (Lipinski definition) is 9. The molecule has 2 rings (SSSR count). The van der Waals surface area contributed by atoms with Crippen LogP contribution in [0.2, 0.25) is 0 Å². The molecule has 30 heavy (non-hydrogen) atoms. The monoisotopic (exact) mass is 444 g/mol. The van der Waals surface area contributed by atoms with E-state index in [0.29, 0.717) is 18.6 Å². The highest BCUT2D eigenvalue weighted by Gasteiger charge is 2.21. The van der Waals surface area contributed by atoms with Crippen LogP contribution >= 0.6 is 12.4 Å². The summed E-state index contributed by atoms with van der Waals surface area (Å²) in [6.45, 7) is 5.92. The van der Waals surface area contributed by atoms with Crippen LogP contribution in [-0.4, -0.2) is 50.7 Å². The lowest BCUT2D eigenvalue weighted by atomic mass is 10.1. The molecule has 0 radical (unpaired) electrons. The highest BCUT2D eigenvalue weighted by molar-refractivity contribution is 5.85. The van der Waals surface area contributed by atoms with E-state index >= 15 is 0 Å². The lowest BCUT2D eigenvalue weighted by Gasteiger charge is -2.20. The number of nitrogen functional groups attached to an aromatic ring is 1. The number of nitrogens with one attached hydrogen (secondary N) is 1. The normalized spacial score (nSPS) is 13.0. The zero-order valence-corrected chi connectivity index (χ0v) is 18.1. The number of nitrogens with zero attached hydrogens (tertiary/aromatic N) is 3. The Bertz CT molecular complexity index is 912. The molecular weight excluding hydrogens is 416 g/mol. The third kappa shape index (κ3) is 6.70. The Kier molecular flexibility index (Phi) is 9.73. The highest BCUT2D eigenvalue weighted by Crippen LogP contribution is 2.13. The zero-order chi connectivity index (χ0) is 21.6. The van der Waals surface area contributed by atoms with Gasteiger partial charge >= 0.3 is 11.9 Å². The first-order valence-electron chi connectivity index (χ1n) is 9.51. The van der Waals surface area contributed by atoms with Gasteiger partial charge in [0.2, 0.25) is 5.95 Å². The Labute approximate surface area is 179 Å². The summed E-state index contributed by atoms with van der Waals surface area (Å²) >= 11 is 0. The molecule has 2 atom stereocenters. The van der Waals surface area contributed by atoms with Crippen molar-refractivity contribution in [3.63, 3.8) is 0 Å². The number of halogens is 1. The maximum absolute atomic E-state index is 12.0. The number of aryl methyl sites for hydroxylation is 1. The molecule has 0 spiro atoms. The van der Waals surface area contributed by atoms with Gasteiger partial charge in [-0.1, -0.05) is 20.8 Å². The first-order valence-corrected chi connectivity index (χ1v) is 9.51. The summed E-state index contributed by atoms with van der Waals surface area (Å²) < 4.78 is 12.2. The Hall–Kier alpha value is -2.66. The molecule has 0 aromatic carbocycles. The minimum Gasteiger partial charge on any atom is -0.465 e. The van der Waals surface area contributed by atoms with Crippen molar-refractivity contribution in [2.45, 2.75) is 46.2 Å². The maximum atomic E-state index is 12.0. The number of aromatic amines is 1. The van der Waals surface area contributed by atoms with Crippen molar-refractivity contribution < 1.29 is 19.1 Å². The average molecular weight is 445 g/mol. The second-order valence-electron chi connectivity index (χ2n) is 7.15. The third-order valence-corrected chi connectivity index (χ3v) is 4.49. The molecule has 0 amide bonds. The Morgan fingerprint density at radius 3 is 2.57 bits per heavy atom. The van der Waals surface area contributed by atoms with Crippen molar-refractivity contribution in [1.29, 1.82) is 0 Å². The fourth-order valence-electron chi connectivity index (χ4n) is 2.55. The van der Waals surface area contributed by atoms with E-state index in [0.717, 1.165) is 0 Å². The summed E-state index contributed by atoms with van der Waals surface area (Å²) in [4.78, 5) is 46.0. The van der Waals surface area contributed by atoms with E-state index in [-0.39, 0.29) is 61.3 Å². The molecule has 0 aliphatic carbocycles. The van der Waals surface area contributed by atoms with E-state index in [1.54, 1.807) is 11.5 Å². The second-order valence-corrected chi connectivity index (χ2v) is 7.15. The lowest BCUT2D eigenvalue weighted by molar-refractivity contribution is -0.150. The summed E-state index contributed by atoms with van der Waals surface area (Å²) in [6, 6.07) is -0.717. The number of aromatic nitrogens is 4. The van der Waals surface area contributed by atoms with Crippen LogP contribution in [0.5, 0.6) is 0 Å². The Balaban J connectivity index is 0.00000450. The Morgan fingerprint density at radius 2 is 1.93 bits per heavy atom. The van der Waals surface area contributed by atoms with Crippen LogP contribution in [0.3, 0.4) is 0 Å². The number of carbonyl (C=O) groups is 2. The van der Waals surface area contributed by atoms with Crippen LogP contribution in [0, 0.1) is 11.8 Å². The van der Waals surface area contributed by atoms with Gasteiger partial charge in [0.25, 0.3) is 5.56 Å². The van der Waals surface area contributed by atoms with E-state index in [1.165, 1.54) is 6.33 Å². The van der Waals surface area contributed by atoms with Crippen LogP contribution in [-0.2, 0) is 25.6 Å². The van der Waals surface area contributed by atoms with Gasteiger partial charge in [0.1, 0.15) is 6.04 Å². The van der Waals surface area contributed by atoms with E-state index in [2.05, 4.69) is 15.0 Å². The maximum Gasteiger partial charge on any atom is 0.323 e. The van der Waals surface area contributed by atoms with Gasteiger partial charge in [-0.05, 0) is 12.3 Å². The van der Waals surface area contributed by atoms with Crippen molar-refractivity contribution in [3.05, 3.63) is 16.7 Å². The number of fused-ring (bicyclic) bond motifs is 1. The zero-order valence-electron chi connectivity index (χ0n) is 17.3. The first-order chi connectivity index (χ1) is 13.7. The molecule has 1 unspecified atom stereocenters.